The summed E-state index contributed by atoms with van der Waals surface area (Å²) in [4.78, 5) is 18.2. The highest BCUT2D eigenvalue weighted by Gasteiger charge is 2.22. The zero-order chi connectivity index (χ0) is 22.8. The van der Waals surface area contributed by atoms with Gasteiger partial charge in [-0.25, -0.2) is 8.42 Å². The lowest BCUT2D eigenvalue weighted by molar-refractivity contribution is -0.885. The minimum absolute atomic E-state index is 0.0951. The van der Waals surface area contributed by atoms with Gasteiger partial charge in [-0.05, 0) is 41.3 Å². The molecule has 0 saturated heterocycles. The lowest BCUT2D eigenvalue weighted by atomic mass is 9.87. The number of carbonyl (C=O) groups excluding carboxylic acids is 1. The van der Waals surface area contributed by atoms with E-state index >= 15 is 0 Å². The Morgan fingerprint density at radius 1 is 1.00 bits per heavy atom. The summed E-state index contributed by atoms with van der Waals surface area (Å²) >= 11 is 6.09. The van der Waals surface area contributed by atoms with Gasteiger partial charge >= 0.3 is 0 Å². The molecule has 1 N–H and O–H groups in total. The van der Waals surface area contributed by atoms with Crippen molar-refractivity contribution in [1.82, 2.24) is 0 Å². The average Bonchev–Trinajstić information content (AvgIpc) is 2.74. The Hall–Kier alpha value is -2.90. The topological polar surface area (TPSA) is 76.3 Å². The maximum atomic E-state index is 13.1. The van der Waals surface area contributed by atoms with E-state index < -0.39 is 10.0 Å². The van der Waals surface area contributed by atoms with E-state index in [2.05, 4.69) is 25.5 Å². The van der Waals surface area contributed by atoms with Gasteiger partial charge in [0.2, 0.25) is 12.4 Å². The van der Waals surface area contributed by atoms with E-state index in [-0.39, 0.29) is 27.3 Å². The summed E-state index contributed by atoms with van der Waals surface area (Å²) in [5, 5.41) is 0.323. The van der Waals surface area contributed by atoms with Crippen molar-refractivity contribution in [2.75, 3.05) is 11.8 Å². The molecule has 3 rings (SSSR count). The summed E-state index contributed by atoms with van der Waals surface area (Å²) in [6.45, 7) is 6.16. The summed E-state index contributed by atoms with van der Waals surface area (Å²) in [5.41, 5.74) is 1.59. The van der Waals surface area contributed by atoms with Crippen LogP contribution in [0.5, 0.6) is 0 Å². The molecule has 1 heterocycles. The molecule has 0 amide bonds. The molecule has 31 heavy (non-hydrogen) atoms. The maximum Gasteiger partial charge on any atom is 0.261 e. The van der Waals surface area contributed by atoms with Crippen molar-refractivity contribution in [3.05, 3.63) is 88.7 Å². The zero-order valence-electron chi connectivity index (χ0n) is 17.7. The second kappa shape index (κ2) is 8.69. The molecule has 0 unspecified atom stereocenters. The second-order valence-corrected chi connectivity index (χ2v) is 10.1. The second-order valence-electron chi connectivity index (χ2n) is 8.03. The number of carbonyl (C=O) groups is 1. The highest BCUT2D eigenvalue weighted by atomic mass is 35.5. The number of benzene rings is 2. The highest BCUT2D eigenvalue weighted by Crippen LogP contribution is 2.27. The molecule has 0 fully saturated rings. The number of halogens is 1. The molecule has 0 atom stereocenters. The van der Waals surface area contributed by atoms with E-state index in [1.54, 1.807) is 48.8 Å². The molecule has 0 saturated carbocycles. The predicted octanol–water partition coefficient (Wildman–Crippen LogP) is 4.02. The van der Waals surface area contributed by atoms with Gasteiger partial charge in [0.25, 0.3) is 10.0 Å². The summed E-state index contributed by atoms with van der Waals surface area (Å²) in [7, 11) is -2.41. The molecule has 0 spiro atoms. The molecule has 0 aliphatic heterocycles. The Morgan fingerprint density at radius 2 is 1.61 bits per heavy atom. The van der Waals surface area contributed by atoms with E-state index in [1.807, 2.05) is 0 Å². The Kier molecular flexibility index (Phi) is 6.38. The van der Waals surface area contributed by atoms with Gasteiger partial charge in [-0.15, -0.1) is 0 Å². The minimum atomic E-state index is -3.91. The molecule has 0 bridgehead atoms. The fraction of sp³-hybridized carbons (Fsp3) is 0.217. The number of sulfonamides is 1. The SMILES string of the molecule is CO[n+]1ccc(C(=O)c2cc(Cl)ccc2NS(=O)(=O)c2ccc(C(C)(C)C)cc2)cc1. The van der Waals surface area contributed by atoms with Gasteiger partial charge in [-0.1, -0.05) is 44.5 Å². The molecular formula is C23H24ClN2O4S+. The molecule has 0 aliphatic rings. The molecular weight excluding hydrogens is 436 g/mol. The molecule has 0 radical (unpaired) electrons. The van der Waals surface area contributed by atoms with Crippen molar-refractivity contribution in [3.63, 3.8) is 0 Å². The van der Waals surface area contributed by atoms with Crippen LogP contribution >= 0.6 is 11.6 Å². The van der Waals surface area contributed by atoms with Gasteiger partial charge in [0.1, 0.15) is 7.11 Å². The largest absolute Gasteiger partial charge is 0.289 e. The van der Waals surface area contributed by atoms with Gasteiger partial charge in [0.15, 0.2) is 5.78 Å². The number of hydrogen-bond acceptors (Lipinski definition) is 4. The third kappa shape index (κ3) is 5.24. The number of pyridine rings is 1. The molecule has 2 aromatic carbocycles. The van der Waals surface area contributed by atoms with Crippen molar-refractivity contribution < 1.29 is 22.8 Å². The molecule has 6 nitrogen and oxygen atoms in total. The van der Waals surface area contributed by atoms with Gasteiger partial charge in [-0.3, -0.25) is 14.4 Å². The number of anilines is 1. The minimum Gasteiger partial charge on any atom is -0.289 e. The molecule has 162 valence electrons. The fourth-order valence-electron chi connectivity index (χ4n) is 2.97. The van der Waals surface area contributed by atoms with E-state index in [4.69, 9.17) is 16.4 Å². The third-order valence-corrected chi connectivity index (χ3v) is 6.39. The number of aromatic nitrogens is 1. The molecule has 3 aromatic rings. The first-order chi connectivity index (χ1) is 14.5. The number of ketones is 1. The van der Waals surface area contributed by atoms with E-state index in [0.29, 0.717) is 10.6 Å². The van der Waals surface area contributed by atoms with Crippen molar-refractivity contribution in [1.29, 1.82) is 0 Å². The van der Waals surface area contributed by atoms with Crippen molar-refractivity contribution >= 4 is 33.1 Å². The summed E-state index contributed by atoms with van der Waals surface area (Å²) in [5.74, 6) is -0.369. The maximum absolute atomic E-state index is 13.1. The first-order valence-electron chi connectivity index (χ1n) is 9.55. The van der Waals surface area contributed by atoms with Gasteiger partial charge < -0.3 is 0 Å². The van der Waals surface area contributed by atoms with Crippen LogP contribution in [0.4, 0.5) is 5.69 Å². The van der Waals surface area contributed by atoms with E-state index in [0.717, 1.165) is 5.56 Å². The smallest absolute Gasteiger partial charge is 0.261 e. The highest BCUT2D eigenvalue weighted by molar-refractivity contribution is 7.92. The van der Waals surface area contributed by atoms with Crippen LogP contribution in [0.1, 0.15) is 42.3 Å². The summed E-state index contributed by atoms with van der Waals surface area (Å²) in [6.07, 6.45) is 3.16. The van der Waals surface area contributed by atoms with Crippen LogP contribution in [0.15, 0.2) is 71.9 Å². The summed E-state index contributed by atoms with van der Waals surface area (Å²) < 4.78 is 29.9. The Balaban J connectivity index is 1.95. The van der Waals surface area contributed by atoms with Crippen molar-refractivity contribution in [2.45, 2.75) is 31.1 Å². The predicted molar refractivity (Wildman–Crippen MR) is 120 cm³/mol. The van der Waals surface area contributed by atoms with Gasteiger partial charge in [0, 0.05) is 33.0 Å². The summed E-state index contributed by atoms with van der Waals surface area (Å²) in [6, 6.07) is 14.3. The molecule has 1 aromatic heterocycles. The van der Waals surface area contributed by atoms with Crippen LogP contribution in [0.3, 0.4) is 0 Å². The van der Waals surface area contributed by atoms with Crippen LogP contribution < -0.4 is 14.3 Å². The standard InChI is InChI=1S/C23H23ClN2O4S/c1-23(2,3)17-5-8-19(9-6-17)31(28,29)25-21-10-7-18(24)15-20(21)22(27)16-11-13-26(30-4)14-12-16/h5-15H,1-4H3/p+1. The van der Waals surface area contributed by atoms with Crippen LogP contribution in [0, 0.1) is 0 Å². The lowest BCUT2D eigenvalue weighted by Crippen LogP contribution is -2.39. The molecule has 8 heteroatoms. The van der Waals surface area contributed by atoms with Crippen LogP contribution in [-0.4, -0.2) is 21.3 Å². The number of nitrogens with one attached hydrogen (secondary N) is 1. The van der Waals surface area contributed by atoms with Gasteiger partial charge in [0.05, 0.1) is 10.6 Å². The van der Waals surface area contributed by atoms with Crippen LogP contribution in [0.25, 0.3) is 0 Å². The normalized spacial score (nSPS) is 11.8. The fourth-order valence-corrected chi connectivity index (χ4v) is 4.22. The van der Waals surface area contributed by atoms with Crippen LogP contribution in [0.2, 0.25) is 5.02 Å². The third-order valence-electron chi connectivity index (χ3n) is 4.78. The lowest BCUT2D eigenvalue weighted by Gasteiger charge is -2.19. The Bertz CT molecular complexity index is 1200. The molecule has 0 aliphatic carbocycles. The van der Waals surface area contributed by atoms with E-state index in [9.17, 15) is 13.2 Å². The van der Waals surface area contributed by atoms with Crippen molar-refractivity contribution in [2.24, 2.45) is 0 Å². The van der Waals surface area contributed by atoms with E-state index in [1.165, 1.54) is 30.0 Å². The Labute approximate surface area is 187 Å². The van der Waals surface area contributed by atoms with Gasteiger partial charge in [-0.2, -0.15) is 0 Å². The first-order valence-corrected chi connectivity index (χ1v) is 11.4. The Morgan fingerprint density at radius 3 is 2.16 bits per heavy atom. The first kappa shape index (κ1) is 22.8. The zero-order valence-corrected chi connectivity index (χ0v) is 19.3. The van der Waals surface area contributed by atoms with Crippen molar-refractivity contribution in [3.8, 4) is 0 Å². The number of rotatable bonds is 6. The number of hydrogen-bond donors (Lipinski definition) is 1. The number of nitrogens with zero attached hydrogens (tertiary/aromatic N) is 1. The van der Waals surface area contributed by atoms with Crippen LogP contribution in [-0.2, 0) is 15.4 Å². The quantitative estimate of drug-likeness (QED) is 0.446. The average molecular weight is 460 g/mol. The monoisotopic (exact) mass is 459 g/mol.